The molecule has 0 radical (unpaired) electrons. The maximum absolute atomic E-state index is 12.4. The Labute approximate surface area is 171 Å². The number of carbonyl (C=O) groups is 1. The van der Waals surface area contributed by atoms with Crippen LogP contribution in [0.1, 0.15) is 21.9 Å². The Morgan fingerprint density at radius 3 is 2.97 bits per heavy atom. The topological polar surface area (TPSA) is 95.7 Å². The van der Waals surface area contributed by atoms with E-state index in [0.717, 1.165) is 16.5 Å². The highest BCUT2D eigenvalue weighted by Crippen LogP contribution is 2.35. The van der Waals surface area contributed by atoms with E-state index in [0.29, 0.717) is 29.7 Å². The average Bonchev–Trinajstić information content (AvgIpc) is 3.45. The van der Waals surface area contributed by atoms with E-state index in [9.17, 15) is 4.79 Å². The van der Waals surface area contributed by atoms with Crippen molar-refractivity contribution >= 4 is 16.8 Å². The minimum absolute atomic E-state index is 0.0848. The molecule has 0 bridgehead atoms. The number of para-hydroxylation sites is 1. The van der Waals surface area contributed by atoms with Gasteiger partial charge in [-0.3, -0.25) is 9.78 Å². The smallest absolute Gasteiger partial charge is 0.273 e. The molecule has 4 aromatic rings. The lowest BCUT2D eigenvalue weighted by Gasteiger charge is -2.05. The number of carbonyl (C=O) groups excluding carboxylic acids is 1. The fourth-order valence-electron chi connectivity index (χ4n) is 3.08. The summed E-state index contributed by atoms with van der Waals surface area (Å²) in [4.78, 5) is 20.9. The number of aromatic nitrogens is 2. The number of oxazole rings is 1. The van der Waals surface area contributed by atoms with Crippen LogP contribution in [-0.2, 0) is 13.2 Å². The third-order valence-electron chi connectivity index (χ3n) is 4.59. The van der Waals surface area contributed by atoms with E-state index in [1.54, 1.807) is 24.4 Å². The van der Waals surface area contributed by atoms with Gasteiger partial charge >= 0.3 is 0 Å². The number of benzene rings is 2. The monoisotopic (exact) mass is 403 g/mol. The van der Waals surface area contributed by atoms with E-state index < -0.39 is 0 Å². The summed E-state index contributed by atoms with van der Waals surface area (Å²) in [6.07, 6.45) is 3.06. The summed E-state index contributed by atoms with van der Waals surface area (Å²) >= 11 is 0. The van der Waals surface area contributed by atoms with Gasteiger partial charge in [-0.05, 0) is 29.8 Å². The van der Waals surface area contributed by atoms with Gasteiger partial charge in [0.15, 0.2) is 23.8 Å². The van der Waals surface area contributed by atoms with Crippen molar-refractivity contribution in [3.8, 4) is 17.2 Å². The van der Waals surface area contributed by atoms with Gasteiger partial charge in [0.1, 0.15) is 12.0 Å². The number of nitrogens with one attached hydrogen (secondary N) is 1. The van der Waals surface area contributed by atoms with Crippen LogP contribution in [0.15, 0.2) is 65.4 Å². The van der Waals surface area contributed by atoms with Crippen LogP contribution in [-0.4, -0.2) is 22.7 Å². The molecular weight excluding hydrogens is 386 g/mol. The summed E-state index contributed by atoms with van der Waals surface area (Å²) in [6.45, 7) is 0.625. The second-order valence-electron chi connectivity index (χ2n) is 6.65. The molecule has 2 aromatic carbocycles. The molecule has 1 aliphatic rings. The van der Waals surface area contributed by atoms with E-state index in [4.69, 9.17) is 18.6 Å². The van der Waals surface area contributed by atoms with Gasteiger partial charge < -0.3 is 23.9 Å². The average molecular weight is 403 g/mol. The normalized spacial score (nSPS) is 12.1. The van der Waals surface area contributed by atoms with Gasteiger partial charge in [0, 0.05) is 24.2 Å². The highest BCUT2D eigenvalue weighted by Gasteiger charge is 2.15. The third-order valence-corrected chi connectivity index (χ3v) is 4.59. The first-order valence-corrected chi connectivity index (χ1v) is 9.33. The van der Waals surface area contributed by atoms with E-state index in [-0.39, 0.29) is 25.0 Å². The highest BCUT2D eigenvalue weighted by atomic mass is 16.7. The van der Waals surface area contributed by atoms with Crippen molar-refractivity contribution in [1.82, 2.24) is 15.3 Å². The van der Waals surface area contributed by atoms with Crippen LogP contribution in [0, 0.1) is 0 Å². The molecule has 0 saturated carbocycles. The van der Waals surface area contributed by atoms with E-state index >= 15 is 0 Å². The molecule has 30 heavy (non-hydrogen) atoms. The van der Waals surface area contributed by atoms with Crippen LogP contribution in [0.2, 0.25) is 0 Å². The molecule has 8 nitrogen and oxygen atoms in total. The van der Waals surface area contributed by atoms with E-state index in [2.05, 4.69) is 15.3 Å². The molecule has 0 spiro atoms. The van der Waals surface area contributed by atoms with Crippen molar-refractivity contribution in [2.75, 3.05) is 6.79 Å². The molecule has 8 heteroatoms. The second-order valence-corrected chi connectivity index (χ2v) is 6.65. The summed E-state index contributed by atoms with van der Waals surface area (Å²) in [6, 6.07) is 15.1. The quantitative estimate of drug-likeness (QED) is 0.527. The molecule has 0 saturated heterocycles. The molecule has 0 atom stereocenters. The van der Waals surface area contributed by atoms with Crippen LogP contribution in [0.4, 0.5) is 0 Å². The minimum atomic E-state index is -0.332. The summed E-state index contributed by atoms with van der Waals surface area (Å²) in [5.74, 6) is 1.86. The fraction of sp³-hybridized carbons (Fsp3) is 0.136. The lowest BCUT2D eigenvalue weighted by molar-refractivity contribution is 0.0945. The first-order valence-electron chi connectivity index (χ1n) is 9.33. The number of amides is 1. The third kappa shape index (κ3) is 3.75. The molecule has 3 heterocycles. The second kappa shape index (κ2) is 7.75. The Balaban J connectivity index is 1.17. The van der Waals surface area contributed by atoms with Gasteiger partial charge in [0.05, 0.1) is 5.52 Å². The van der Waals surface area contributed by atoms with Crippen molar-refractivity contribution in [2.45, 2.75) is 13.2 Å². The first kappa shape index (κ1) is 18.0. The zero-order valence-corrected chi connectivity index (χ0v) is 15.8. The molecule has 0 aliphatic carbocycles. The number of nitrogens with zero attached hydrogens (tertiary/aromatic N) is 2. The van der Waals surface area contributed by atoms with Crippen molar-refractivity contribution < 1.29 is 23.4 Å². The summed E-state index contributed by atoms with van der Waals surface area (Å²) in [5.41, 5.74) is 2.00. The van der Waals surface area contributed by atoms with E-state index in [1.165, 1.54) is 6.26 Å². The highest BCUT2D eigenvalue weighted by molar-refractivity contribution is 5.91. The largest absolute Gasteiger partial charge is 0.484 e. The molecule has 1 N–H and O–H groups in total. The summed E-state index contributed by atoms with van der Waals surface area (Å²) < 4.78 is 21.6. The van der Waals surface area contributed by atoms with Crippen molar-refractivity contribution in [3.05, 3.63) is 78.1 Å². The minimum Gasteiger partial charge on any atom is -0.484 e. The van der Waals surface area contributed by atoms with Crippen LogP contribution >= 0.6 is 0 Å². The Kier molecular flexibility index (Phi) is 4.65. The Bertz CT molecular complexity index is 1220. The number of rotatable bonds is 6. The summed E-state index contributed by atoms with van der Waals surface area (Å²) in [5, 5.41) is 3.84. The molecular formula is C22H17N3O5. The fourth-order valence-corrected chi connectivity index (χ4v) is 3.08. The number of hydrogen-bond donors (Lipinski definition) is 1. The maximum Gasteiger partial charge on any atom is 0.273 e. The van der Waals surface area contributed by atoms with Crippen LogP contribution in [0.25, 0.3) is 10.9 Å². The van der Waals surface area contributed by atoms with Gasteiger partial charge in [-0.2, -0.15) is 0 Å². The predicted molar refractivity (Wildman–Crippen MR) is 106 cm³/mol. The van der Waals surface area contributed by atoms with Gasteiger partial charge in [0.2, 0.25) is 12.7 Å². The molecule has 150 valence electrons. The van der Waals surface area contributed by atoms with E-state index in [1.807, 2.05) is 30.3 Å². The zero-order chi connectivity index (χ0) is 20.3. The number of hydrogen-bond acceptors (Lipinski definition) is 7. The lowest BCUT2D eigenvalue weighted by atomic mass is 10.1. The number of ether oxygens (including phenoxy) is 3. The Hall–Kier alpha value is -4.07. The van der Waals surface area contributed by atoms with Gasteiger partial charge in [-0.15, -0.1) is 0 Å². The van der Waals surface area contributed by atoms with Crippen molar-refractivity contribution in [3.63, 3.8) is 0 Å². The van der Waals surface area contributed by atoms with Crippen molar-refractivity contribution in [1.29, 1.82) is 0 Å². The van der Waals surface area contributed by atoms with Gasteiger partial charge in [-0.25, -0.2) is 4.98 Å². The molecule has 0 unspecified atom stereocenters. The standard InChI is InChI=1S/C22H17N3O5/c26-22(24-10-14-7-15-3-1-2-4-17(15)23-9-14)18-11-28-21(25-18)12-27-16-5-6-19-20(8-16)30-13-29-19/h1-9,11H,10,12-13H2,(H,24,26). The van der Waals surface area contributed by atoms with Crippen LogP contribution in [0.3, 0.4) is 0 Å². The summed E-state index contributed by atoms with van der Waals surface area (Å²) in [7, 11) is 0. The first-order chi connectivity index (χ1) is 14.7. The van der Waals surface area contributed by atoms with Gasteiger partial charge in [0.25, 0.3) is 5.91 Å². The maximum atomic E-state index is 12.4. The van der Waals surface area contributed by atoms with Crippen molar-refractivity contribution in [2.24, 2.45) is 0 Å². The molecule has 0 fully saturated rings. The molecule has 1 aliphatic heterocycles. The Morgan fingerprint density at radius 1 is 1.10 bits per heavy atom. The lowest BCUT2D eigenvalue weighted by Crippen LogP contribution is -2.23. The number of fused-ring (bicyclic) bond motifs is 2. The molecule has 5 rings (SSSR count). The number of pyridine rings is 1. The van der Waals surface area contributed by atoms with Crippen LogP contribution in [0.5, 0.6) is 17.2 Å². The predicted octanol–water partition coefficient (Wildman–Crippen LogP) is 3.46. The molecule has 1 amide bonds. The molecule has 2 aromatic heterocycles. The Morgan fingerprint density at radius 2 is 2.00 bits per heavy atom. The zero-order valence-electron chi connectivity index (χ0n) is 15.8. The SMILES string of the molecule is O=C(NCc1cnc2ccccc2c1)c1coc(COc2ccc3c(c2)OCO3)n1. The van der Waals surface area contributed by atoms with Gasteiger partial charge in [-0.1, -0.05) is 18.2 Å². The van der Waals surface area contributed by atoms with Crippen LogP contribution < -0.4 is 19.5 Å².